The van der Waals surface area contributed by atoms with Gasteiger partial charge in [0.25, 0.3) is 0 Å². The van der Waals surface area contributed by atoms with E-state index < -0.39 is 0 Å². The van der Waals surface area contributed by atoms with Crippen molar-refractivity contribution in [3.8, 4) is 0 Å². The minimum absolute atomic E-state index is 0.0664. The molecule has 0 saturated heterocycles. The normalized spacial score (nSPS) is 25.4. The number of anilines is 2. The average molecular weight is 521 g/mol. The van der Waals surface area contributed by atoms with Crippen LogP contribution in [0.5, 0.6) is 0 Å². The van der Waals surface area contributed by atoms with E-state index in [1.807, 2.05) is 12.3 Å². The van der Waals surface area contributed by atoms with E-state index in [0.29, 0.717) is 6.04 Å². The summed E-state index contributed by atoms with van der Waals surface area (Å²) in [5.74, 6) is 0. The molecule has 0 bridgehead atoms. The van der Waals surface area contributed by atoms with Gasteiger partial charge in [0.2, 0.25) is 0 Å². The SMILES string of the molecule is CC1CC=c2ccc3c(c2=N1)NC(c1ccc2c(c1)CC(C)(C1C=Cc4ccc5cccnc5c4N1)C=C2)C=C3. The van der Waals surface area contributed by atoms with Gasteiger partial charge in [0, 0.05) is 17.0 Å². The Morgan fingerprint density at radius 3 is 2.67 bits per heavy atom. The Balaban J connectivity index is 1.10. The van der Waals surface area contributed by atoms with Crippen LogP contribution in [0.4, 0.5) is 11.4 Å². The maximum absolute atomic E-state index is 5.01. The van der Waals surface area contributed by atoms with E-state index in [1.165, 1.54) is 33.0 Å². The number of hydrogen-bond acceptors (Lipinski definition) is 4. The van der Waals surface area contributed by atoms with Crippen molar-refractivity contribution in [2.24, 2.45) is 10.4 Å². The van der Waals surface area contributed by atoms with Crippen molar-refractivity contribution in [1.29, 1.82) is 0 Å². The van der Waals surface area contributed by atoms with E-state index in [2.05, 4.69) is 116 Å². The second kappa shape index (κ2) is 8.79. The number of nitrogens with one attached hydrogen (secondary N) is 2. The second-order valence-electron chi connectivity index (χ2n) is 11.9. The summed E-state index contributed by atoms with van der Waals surface area (Å²) in [4.78, 5) is 9.72. The average Bonchev–Trinajstić information content (AvgIpc) is 3.00. The zero-order valence-corrected chi connectivity index (χ0v) is 22.9. The molecule has 3 aliphatic heterocycles. The van der Waals surface area contributed by atoms with Crippen LogP contribution in [-0.2, 0) is 6.42 Å². The van der Waals surface area contributed by atoms with Gasteiger partial charge in [-0.05, 0) is 58.9 Å². The van der Waals surface area contributed by atoms with Gasteiger partial charge in [-0.15, -0.1) is 0 Å². The minimum Gasteiger partial charge on any atom is -0.376 e. The Morgan fingerprint density at radius 1 is 0.875 bits per heavy atom. The number of fused-ring (bicyclic) bond motifs is 7. The first kappa shape index (κ1) is 23.4. The van der Waals surface area contributed by atoms with E-state index in [4.69, 9.17) is 9.98 Å². The molecule has 4 heteroatoms. The number of hydrogen-bond donors (Lipinski definition) is 2. The van der Waals surface area contributed by atoms with E-state index in [0.717, 1.165) is 40.5 Å². The molecule has 2 N–H and O–H groups in total. The molecule has 1 aliphatic carbocycles. The Bertz CT molecular complexity index is 1910. The number of aromatic nitrogens is 1. The zero-order chi connectivity index (χ0) is 26.8. The lowest BCUT2D eigenvalue weighted by molar-refractivity contribution is 0.393. The highest BCUT2D eigenvalue weighted by Crippen LogP contribution is 2.42. The highest BCUT2D eigenvalue weighted by atomic mass is 15.0. The second-order valence-corrected chi connectivity index (χ2v) is 11.9. The van der Waals surface area contributed by atoms with Gasteiger partial charge in [0.05, 0.1) is 40.4 Å². The van der Waals surface area contributed by atoms with E-state index >= 15 is 0 Å². The molecule has 0 radical (unpaired) electrons. The molecule has 0 fully saturated rings. The first-order valence-corrected chi connectivity index (χ1v) is 14.3. The van der Waals surface area contributed by atoms with Crippen LogP contribution < -0.4 is 21.2 Å². The van der Waals surface area contributed by atoms with Gasteiger partial charge >= 0.3 is 0 Å². The topological polar surface area (TPSA) is 49.3 Å². The first-order valence-electron chi connectivity index (χ1n) is 14.3. The van der Waals surface area contributed by atoms with Crippen molar-refractivity contribution in [2.45, 2.75) is 44.8 Å². The molecule has 196 valence electrons. The Hall–Kier alpha value is -4.44. The summed E-state index contributed by atoms with van der Waals surface area (Å²) in [6.45, 7) is 4.56. The molecular formula is C36H32N4. The Morgan fingerprint density at radius 2 is 1.73 bits per heavy atom. The van der Waals surface area contributed by atoms with Gasteiger partial charge < -0.3 is 10.6 Å². The predicted molar refractivity (Wildman–Crippen MR) is 167 cm³/mol. The van der Waals surface area contributed by atoms with Crippen LogP contribution in [0.15, 0.2) is 84.0 Å². The largest absolute Gasteiger partial charge is 0.376 e. The summed E-state index contributed by atoms with van der Waals surface area (Å²) in [6.07, 6.45) is 20.0. The molecule has 8 rings (SSSR count). The van der Waals surface area contributed by atoms with Crippen molar-refractivity contribution >= 4 is 46.6 Å². The predicted octanol–water partition coefficient (Wildman–Crippen LogP) is 6.69. The van der Waals surface area contributed by atoms with Crippen LogP contribution >= 0.6 is 0 Å². The van der Waals surface area contributed by atoms with E-state index in [9.17, 15) is 0 Å². The third-order valence-corrected chi connectivity index (χ3v) is 9.06. The van der Waals surface area contributed by atoms with E-state index in [1.54, 1.807) is 0 Å². The minimum atomic E-state index is -0.0664. The highest BCUT2D eigenvalue weighted by Gasteiger charge is 2.35. The van der Waals surface area contributed by atoms with Gasteiger partial charge in [0.1, 0.15) is 0 Å². The van der Waals surface area contributed by atoms with Gasteiger partial charge in [-0.1, -0.05) is 98.0 Å². The van der Waals surface area contributed by atoms with Crippen LogP contribution in [0.2, 0.25) is 0 Å². The summed E-state index contributed by atoms with van der Waals surface area (Å²) in [5, 5.41) is 11.2. The standard InChI is InChI=1S/C36H32N4/c1-22-5-6-25-10-11-26-13-15-30(39-35(26)34(25)38-22)28-12-7-23-17-18-36(2,21-29(23)20-28)31-16-14-27-9-8-24-4-3-19-37-32(24)33(27)40-31/h3-4,6-20,22,30-31,39-40H,5,21H2,1-2H3. The summed E-state index contributed by atoms with van der Waals surface area (Å²) in [6, 6.07) is 20.5. The van der Waals surface area contributed by atoms with Gasteiger partial charge in [-0.3, -0.25) is 9.98 Å². The molecule has 4 aliphatic rings. The summed E-state index contributed by atoms with van der Waals surface area (Å²) in [5.41, 5.74) is 9.67. The van der Waals surface area contributed by atoms with Crippen LogP contribution in [-0.4, -0.2) is 17.1 Å². The lowest BCUT2D eigenvalue weighted by atomic mass is 9.71. The lowest BCUT2D eigenvalue weighted by Gasteiger charge is -2.39. The van der Waals surface area contributed by atoms with Crippen LogP contribution in [0.3, 0.4) is 0 Å². The quantitative estimate of drug-likeness (QED) is 0.310. The Kier molecular flexibility index (Phi) is 5.15. The number of nitrogens with zero attached hydrogens (tertiary/aromatic N) is 2. The molecular weight excluding hydrogens is 488 g/mol. The highest BCUT2D eigenvalue weighted by molar-refractivity contribution is 5.96. The third kappa shape index (κ3) is 3.74. The van der Waals surface area contributed by atoms with Crippen molar-refractivity contribution in [3.63, 3.8) is 0 Å². The lowest BCUT2D eigenvalue weighted by Crippen LogP contribution is -2.40. The number of pyridine rings is 1. The molecule has 0 saturated carbocycles. The van der Waals surface area contributed by atoms with Crippen LogP contribution in [0, 0.1) is 5.41 Å². The smallest absolute Gasteiger partial charge is 0.0939 e. The molecule has 0 amide bonds. The van der Waals surface area contributed by atoms with Crippen molar-refractivity contribution in [1.82, 2.24) is 4.98 Å². The molecule has 1 aromatic heterocycles. The summed E-state index contributed by atoms with van der Waals surface area (Å²) >= 11 is 0. The number of rotatable bonds is 2. The van der Waals surface area contributed by atoms with Crippen LogP contribution in [0.25, 0.3) is 35.2 Å². The van der Waals surface area contributed by atoms with Crippen molar-refractivity contribution < 1.29 is 0 Å². The zero-order valence-electron chi connectivity index (χ0n) is 22.9. The van der Waals surface area contributed by atoms with Crippen molar-refractivity contribution in [3.05, 3.63) is 117 Å². The summed E-state index contributed by atoms with van der Waals surface area (Å²) in [7, 11) is 0. The molecule has 4 aromatic rings. The molecule has 40 heavy (non-hydrogen) atoms. The third-order valence-electron chi connectivity index (χ3n) is 9.06. The van der Waals surface area contributed by atoms with Gasteiger partial charge in [-0.2, -0.15) is 0 Å². The summed E-state index contributed by atoms with van der Waals surface area (Å²) < 4.78 is 0. The Labute approximate surface area is 234 Å². The molecule has 0 spiro atoms. The van der Waals surface area contributed by atoms with Gasteiger partial charge in [-0.25, -0.2) is 0 Å². The molecule has 4 heterocycles. The van der Waals surface area contributed by atoms with E-state index in [-0.39, 0.29) is 17.5 Å². The number of benzene rings is 3. The maximum atomic E-state index is 5.01. The maximum Gasteiger partial charge on any atom is 0.0939 e. The fraction of sp³-hybridized carbons (Fsp3) is 0.222. The van der Waals surface area contributed by atoms with Crippen molar-refractivity contribution in [2.75, 3.05) is 10.6 Å². The fourth-order valence-electron chi connectivity index (χ4n) is 6.72. The molecule has 3 aromatic carbocycles. The molecule has 4 atom stereocenters. The first-order chi connectivity index (χ1) is 19.5. The van der Waals surface area contributed by atoms with Gasteiger partial charge in [0.15, 0.2) is 0 Å². The fourth-order valence-corrected chi connectivity index (χ4v) is 6.72. The monoisotopic (exact) mass is 520 g/mol. The van der Waals surface area contributed by atoms with Crippen LogP contribution in [0.1, 0.15) is 54.1 Å². The molecule has 4 nitrogen and oxygen atoms in total. The molecule has 4 unspecified atom stereocenters.